The van der Waals surface area contributed by atoms with Crippen molar-refractivity contribution >= 4 is 18.6 Å². The van der Waals surface area contributed by atoms with Gasteiger partial charge < -0.3 is 4.81 Å². The van der Waals surface area contributed by atoms with E-state index in [4.69, 9.17) is 0 Å². The summed E-state index contributed by atoms with van der Waals surface area (Å²) in [5, 5.41) is 0. The summed E-state index contributed by atoms with van der Waals surface area (Å²) in [6, 6.07) is 19.6. The van der Waals surface area contributed by atoms with E-state index in [1.165, 1.54) is 67.2 Å². The molecule has 0 amide bonds. The fraction of sp³-hybridized carbons (Fsp3) is 0.385. The first-order chi connectivity index (χ1) is 13.8. The third kappa shape index (κ3) is 5.64. The first-order valence-corrected chi connectivity index (χ1v) is 11.1. The zero-order chi connectivity index (χ0) is 19.6. The Morgan fingerprint density at radius 1 is 0.857 bits per heavy atom. The number of rotatable bonds is 10. The lowest BCUT2D eigenvalue weighted by molar-refractivity contribution is 0.611. The lowest BCUT2D eigenvalue weighted by atomic mass is 9.53. The highest BCUT2D eigenvalue weighted by Crippen LogP contribution is 2.32. The Labute approximate surface area is 172 Å². The van der Waals surface area contributed by atoms with Crippen LogP contribution in [-0.2, 0) is 6.54 Å². The summed E-state index contributed by atoms with van der Waals surface area (Å²) in [6.45, 7) is 5.94. The molecule has 0 spiro atoms. The topological polar surface area (TPSA) is 3.24 Å². The van der Waals surface area contributed by atoms with Gasteiger partial charge >= 0.3 is 0 Å². The average Bonchev–Trinajstić information content (AvgIpc) is 2.73. The SMILES string of the molecule is CCCCCCCC/C=C/C1=Cc2ccccc2N(Cc2ccccc2)B1C. The number of hydrogen-bond acceptors (Lipinski definition) is 1. The molecule has 0 saturated heterocycles. The molecule has 0 aromatic heterocycles. The number of hydrogen-bond donors (Lipinski definition) is 0. The molecule has 28 heavy (non-hydrogen) atoms. The van der Waals surface area contributed by atoms with Crippen LogP contribution in [0.5, 0.6) is 0 Å². The summed E-state index contributed by atoms with van der Waals surface area (Å²) in [6.07, 6.45) is 16.5. The maximum atomic E-state index is 2.54. The zero-order valence-electron chi connectivity index (χ0n) is 17.6. The van der Waals surface area contributed by atoms with Crippen molar-refractivity contribution in [3.8, 4) is 0 Å². The van der Waals surface area contributed by atoms with Gasteiger partial charge in [-0.3, -0.25) is 0 Å². The first kappa shape index (κ1) is 20.5. The minimum atomic E-state index is 0.385. The van der Waals surface area contributed by atoms with Crippen molar-refractivity contribution in [1.29, 1.82) is 0 Å². The lowest BCUT2D eigenvalue weighted by Crippen LogP contribution is -2.40. The van der Waals surface area contributed by atoms with Gasteiger partial charge in [-0.25, -0.2) is 0 Å². The van der Waals surface area contributed by atoms with Gasteiger partial charge in [-0.15, -0.1) is 0 Å². The Balaban J connectivity index is 1.65. The third-order valence-corrected chi connectivity index (χ3v) is 5.75. The summed E-state index contributed by atoms with van der Waals surface area (Å²) in [4.78, 5) is 2.54. The molecule has 0 unspecified atom stereocenters. The van der Waals surface area contributed by atoms with Crippen molar-refractivity contribution < 1.29 is 0 Å². The average molecular weight is 371 g/mol. The van der Waals surface area contributed by atoms with Gasteiger partial charge in [0, 0.05) is 12.2 Å². The van der Waals surface area contributed by atoms with E-state index in [-0.39, 0.29) is 0 Å². The number of unbranched alkanes of at least 4 members (excludes halogenated alkanes) is 6. The Bertz CT molecular complexity index is 778. The molecule has 0 atom stereocenters. The van der Waals surface area contributed by atoms with Crippen LogP contribution in [0, 0.1) is 0 Å². The van der Waals surface area contributed by atoms with Crippen LogP contribution >= 0.6 is 0 Å². The number of nitrogens with zero attached hydrogens (tertiary/aromatic N) is 1. The fourth-order valence-electron chi connectivity index (χ4n) is 4.01. The molecule has 2 aromatic rings. The molecule has 3 rings (SSSR count). The maximum absolute atomic E-state index is 2.54. The van der Waals surface area contributed by atoms with Gasteiger partial charge in [0.15, 0.2) is 0 Å². The minimum Gasteiger partial charge on any atom is -0.406 e. The second kappa shape index (κ2) is 10.9. The summed E-state index contributed by atoms with van der Waals surface area (Å²) in [7, 11) is 0. The van der Waals surface area contributed by atoms with Gasteiger partial charge in [0.1, 0.15) is 0 Å². The summed E-state index contributed by atoms with van der Waals surface area (Å²) in [5.41, 5.74) is 5.45. The summed E-state index contributed by atoms with van der Waals surface area (Å²) >= 11 is 0. The Hall–Kier alpha value is -2.22. The molecule has 0 bridgehead atoms. The maximum Gasteiger partial charge on any atom is 0.285 e. The fourth-order valence-corrected chi connectivity index (χ4v) is 4.01. The quantitative estimate of drug-likeness (QED) is 0.308. The largest absolute Gasteiger partial charge is 0.406 e. The molecular formula is C26H34BN. The summed E-state index contributed by atoms with van der Waals surface area (Å²) < 4.78 is 0. The minimum absolute atomic E-state index is 0.385. The van der Waals surface area contributed by atoms with Gasteiger partial charge in [0.2, 0.25) is 0 Å². The normalized spacial score (nSPS) is 13.7. The molecule has 0 aliphatic carbocycles. The number of fused-ring (bicyclic) bond motifs is 1. The highest BCUT2D eigenvalue weighted by Gasteiger charge is 2.27. The molecule has 1 aliphatic rings. The standard InChI is InChI=1S/C26H34BN/c1-3-4-5-6-7-8-9-13-19-25-21-24-18-14-15-20-26(24)28(27(25)2)22-23-16-11-10-12-17-23/h10-21H,3-9,22H2,1-2H3/b19-13+. The van der Waals surface area contributed by atoms with Crippen LogP contribution in [0.4, 0.5) is 5.69 Å². The molecule has 2 heteroatoms. The van der Waals surface area contributed by atoms with E-state index in [0.717, 1.165) is 6.54 Å². The monoisotopic (exact) mass is 371 g/mol. The molecule has 0 N–H and O–H groups in total. The number of benzene rings is 2. The van der Waals surface area contributed by atoms with E-state index >= 15 is 0 Å². The van der Waals surface area contributed by atoms with E-state index in [0.29, 0.717) is 6.85 Å². The molecule has 2 aromatic carbocycles. The van der Waals surface area contributed by atoms with Crippen LogP contribution < -0.4 is 4.81 Å². The smallest absolute Gasteiger partial charge is 0.285 e. The highest BCUT2D eigenvalue weighted by molar-refractivity contribution is 6.71. The van der Waals surface area contributed by atoms with Crippen molar-refractivity contribution in [3.05, 3.63) is 83.3 Å². The van der Waals surface area contributed by atoms with Crippen LogP contribution in [0.2, 0.25) is 6.82 Å². The van der Waals surface area contributed by atoms with Crippen molar-refractivity contribution in [2.24, 2.45) is 0 Å². The lowest BCUT2D eigenvalue weighted by Gasteiger charge is -2.35. The second-order valence-electron chi connectivity index (χ2n) is 7.95. The number of anilines is 1. The van der Waals surface area contributed by atoms with Crippen molar-refractivity contribution in [1.82, 2.24) is 0 Å². The van der Waals surface area contributed by atoms with Crippen molar-refractivity contribution in [3.63, 3.8) is 0 Å². The molecule has 0 radical (unpaired) electrons. The van der Waals surface area contributed by atoms with Gasteiger partial charge in [0.05, 0.1) is 0 Å². The van der Waals surface area contributed by atoms with E-state index in [2.05, 4.69) is 91.4 Å². The van der Waals surface area contributed by atoms with Crippen molar-refractivity contribution in [2.45, 2.75) is 65.2 Å². The molecule has 1 heterocycles. The second-order valence-corrected chi connectivity index (χ2v) is 7.95. The summed E-state index contributed by atoms with van der Waals surface area (Å²) in [5.74, 6) is 0. The zero-order valence-corrected chi connectivity index (χ0v) is 17.6. The molecule has 1 aliphatic heterocycles. The van der Waals surface area contributed by atoms with Crippen LogP contribution in [0.25, 0.3) is 6.08 Å². The van der Waals surface area contributed by atoms with Gasteiger partial charge in [-0.1, -0.05) is 118 Å². The molecule has 146 valence electrons. The van der Waals surface area contributed by atoms with E-state index in [1.54, 1.807) is 0 Å². The first-order valence-electron chi connectivity index (χ1n) is 11.1. The van der Waals surface area contributed by atoms with Crippen LogP contribution in [0.3, 0.4) is 0 Å². The predicted octanol–water partition coefficient (Wildman–Crippen LogP) is 7.56. The Morgan fingerprint density at radius 3 is 2.39 bits per heavy atom. The Kier molecular flexibility index (Phi) is 8.02. The van der Waals surface area contributed by atoms with Crippen LogP contribution in [0.15, 0.2) is 72.2 Å². The van der Waals surface area contributed by atoms with Crippen molar-refractivity contribution in [2.75, 3.05) is 4.81 Å². The number of allylic oxidation sites excluding steroid dienone is 3. The molecule has 1 nitrogen and oxygen atoms in total. The van der Waals surface area contributed by atoms with Gasteiger partial charge in [-0.2, -0.15) is 0 Å². The van der Waals surface area contributed by atoms with E-state index in [9.17, 15) is 0 Å². The van der Waals surface area contributed by atoms with E-state index < -0.39 is 0 Å². The molecule has 0 fully saturated rings. The van der Waals surface area contributed by atoms with Crippen LogP contribution in [-0.4, -0.2) is 6.85 Å². The van der Waals surface area contributed by atoms with Crippen LogP contribution in [0.1, 0.15) is 63.0 Å². The highest BCUT2D eigenvalue weighted by atomic mass is 15.1. The Morgan fingerprint density at radius 2 is 1.57 bits per heavy atom. The third-order valence-electron chi connectivity index (χ3n) is 5.75. The van der Waals surface area contributed by atoms with Gasteiger partial charge in [-0.05, 0) is 30.0 Å². The molecular weight excluding hydrogens is 337 g/mol. The van der Waals surface area contributed by atoms with E-state index in [1.807, 2.05) is 0 Å². The molecule has 0 saturated carbocycles. The number of para-hydroxylation sites is 1. The predicted molar refractivity (Wildman–Crippen MR) is 126 cm³/mol. The van der Waals surface area contributed by atoms with Gasteiger partial charge in [0.25, 0.3) is 6.85 Å².